The molecule has 6 nitrogen and oxygen atoms in total. The monoisotopic (exact) mass is 343 g/mol. The van der Waals surface area contributed by atoms with Gasteiger partial charge >= 0.3 is 0 Å². The Kier molecular flexibility index (Phi) is 5.26. The molecule has 1 unspecified atom stereocenters. The second-order valence-corrected chi connectivity index (χ2v) is 6.76. The molecule has 2 aromatic rings. The Balaban J connectivity index is 1.74. The summed E-state index contributed by atoms with van der Waals surface area (Å²) in [7, 11) is 0. The largest absolute Gasteiger partial charge is 0.490 e. The van der Waals surface area contributed by atoms with Crippen LogP contribution in [0.1, 0.15) is 37.4 Å². The van der Waals surface area contributed by atoms with Crippen LogP contribution in [0.15, 0.2) is 30.6 Å². The number of nitrogens with one attached hydrogen (secondary N) is 1. The third-order valence-corrected chi connectivity index (χ3v) is 4.18. The third kappa shape index (κ3) is 4.32. The van der Waals surface area contributed by atoms with Crippen LogP contribution in [0.5, 0.6) is 11.5 Å². The number of ether oxygens (including phenoxy) is 2. The summed E-state index contributed by atoms with van der Waals surface area (Å²) >= 11 is 0. The molecule has 0 aliphatic carbocycles. The summed E-state index contributed by atoms with van der Waals surface area (Å²) in [5.74, 6) is 1.70. The van der Waals surface area contributed by atoms with Gasteiger partial charge in [0, 0.05) is 12.6 Å². The molecular weight excluding hydrogens is 318 g/mol. The molecule has 0 saturated heterocycles. The number of benzene rings is 1. The first-order valence-electron chi connectivity index (χ1n) is 8.71. The van der Waals surface area contributed by atoms with Crippen LogP contribution >= 0.6 is 0 Å². The van der Waals surface area contributed by atoms with E-state index in [1.807, 2.05) is 31.3 Å². The van der Waals surface area contributed by atoms with Crippen molar-refractivity contribution in [3.05, 3.63) is 41.7 Å². The average Bonchev–Trinajstić information content (AvgIpc) is 2.83. The van der Waals surface area contributed by atoms with E-state index in [0.29, 0.717) is 13.2 Å². The van der Waals surface area contributed by atoms with Crippen molar-refractivity contribution in [3.8, 4) is 11.5 Å². The average molecular weight is 343 g/mol. The minimum atomic E-state index is -0.0960. The van der Waals surface area contributed by atoms with Gasteiger partial charge < -0.3 is 14.8 Å². The van der Waals surface area contributed by atoms with Crippen molar-refractivity contribution < 1.29 is 14.3 Å². The molecule has 6 heteroatoms. The molecule has 25 heavy (non-hydrogen) atoms. The van der Waals surface area contributed by atoms with Gasteiger partial charge in [-0.2, -0.15) is 5.10 Å². The number of rotatable bonds is 5. The maximum Gasteiger partial charge on any atom is 0.242 e. The van der Waals surface area contributed by atoms with Crippen molar-refractivity contribution in [2.75, 3.05) is 13.2 Å². The number of aromatic nitrogens is 2. The highest BCUT2D eigenvalue weighted by molar-refractivity contribution is 5.76. The van der Waals surface area contributed by atoms with E-state index in [-0.39, 0.29) is 24.4 Å². The van der Waals surface area contributed by atoms with E-state index < -0.39 is 0 Å². The normalized spacial score (nSPS) is 14.9. The fraction of sp³-hybridized carbons (Fsp3) is 0.474. The second-order valence-electron chi connectivity index (χ2n) is 6.76. The van der Waals surface area contributed by atoms with Gasteiger partial charge in [-0.05, 0) is 36.1 Å². The second kappa shape index (κ2) is 7.59. The number of fused-ring (bicyclic) bond motifs is 1. The van der Waals surface area contributed by atoms with Crippen LogP contribution in [0.3, 0.4) is 0 Å². The van der Waals surface area contributed by atoms with Crippen LogP contribution in [-0.4, -0.2) is 28.9 Å². The van der Waals surface area contributed by atoms with Crippen molar-refractivity contribution in [3.63, 3.8) is 0 Å². The molecule has 0 spiro atoms. The van der Waals surface area contributed by atoms with E-state index >= 15 is 0 Å². The molecule has 134 valence electrons. The summed E-state index contributed by atoms with van der Waals surface area (Å²) in [6, 6.07) is 5.80. The van der Waals surface area contributed by atoms with Crippen molar-refractivity contribution in [1.82, 2.24) is 15.1 Å². The SMILES string of the molecule is Cc1cnn(CC(=O)NC(c2ccc3c(c2)OCCCO3)C(C)C)c1. The Labute approximate surface area is 148 Å². The number of amides is 1. The van der Waals surface area contributed by atoms with Gasteiger partial charge in [-0.3, -0.25) is 9.48 Å². The standard InChI is InChI=1S/C19H25N3O3/c1-13(2)19(21-18(23)12-22-11-14(3)10-20-22)15-5-6-16-17(9-15)25-8-4-7-24-16/h5-6,9-11,13,19H,4,7-8,12H2,1-3H3,(H,21,23). The predicted octanol–water partition coefficient (Wildman–Crippen LogP) is 2.87. The number of aryl methyl sites for hydroxylation is 1. The van der Waals surface area contributed by atoms with Gasteiger partial charge in [0.25, 0.3) is 0 Å². The van der Waals surface area contributed by atoms with E-state index in [9.17, 15) is 4.79 Å². The Morgan fingerprint density at radius 3 is 2.72 bits per heavy atom. The molecule has 1 amide bonds. The number of nitrogens with zero attached hydrogens (tertiary/aromatic N) is 2. The molecular formula is C19H25N3O3. The molecule has 1 aliphatic rings. The summed E-state index contributed by atoms with van der Waals surface area (Å²) in [5, 5.41) is 7.28. The number of hydrogen-bond donors (Lipinski definition) is 1. The Hall–Kier alpha value is -2.50. The van der Waals surface area contributed by atoms with E-state index in [1.54, 1.807) is 10.9 Å². The molecule has 1 aromatic heterocycles. The van der Waals surface area contributed by atoms with Gasteiger partial charge in [0.05, 0.1) is 25.5 Å². The quantitative estimate of drug-likeness (QED) is 0.907. The fourth-order valence-corrected chi connectivity index (χ4v) is 2.93. The smallest absolute Gasteiger partial charge is 0.242 e. The summed E-state index contributed by atoms with van der Waals surface area (Å²) in [4.78, 5) is 12.4. The lowest BCUT2D eigenvalue weighted by Crippen LogP contribution is -2.34. The van der Waals surface area contributed by atoms with Crippen molar-refractivity contribution in [2.24, 2.45) is 5.92 Å². The fourth-order valence-electron chi connectivity index (χ4n) is 2.93. The maximum atomic E-state index is 12.4. The molecule has 0 bridgehead atoms. The molecule has 1 N–H and O–H groups in total. The van der Waals surface area contributed by atoms with Crippen LogP contribution in [0.2, 0.25) is 0 Å². The molecule has 2 heterocycles. The topological polar surface area (TPSA) is 65.4 Å². The minimum Gasteiger partial charge on any atom is -0.490 e. The van der Waals surface area contributed by atoms with Gasteiger partial charge in [0.2, 0.25) is 5.91 Å². The van der Waals surface area contributed by atoms with E-state index in [4.69, 9.17) is 9.47 Å². The summed E-state index contributed by atoms with van der Waals surface area (Å²) in [6.07, 6.45) is 4.48. The molecule has 1 atom stereocenters. The van der Waals surface area contributed by atoms with Crippen LogP contribution in [-0.2, 0) is 11.3 Å². The highest BCUT2D eigenvalue weighted by Crippen LogP contribution is 2.34. The predicted molar refractivity (Wildman–Crippen MR) is 94.7 cm³/mol. The molecule has 1 aromatic carbocycles. The molecule has 1 aliphatic heterocycles. The van der Waals surface area contributed by atoms with Gasteiger partial charge in [-0.1, -0.05) is 19.9 Å². The summed E-state index contributed by atoms with van der Waals surface area (Å²) < 4.78 is 13.1. The number of carbonyl (C=O) groups excluding carboxylic acids is 1. The van der Waals surface area contributed by atoms with Crippen LogP contribution in [0.4, 0.5) is 0 Å². The first-order chi connectivity index (χ1) is 12.0. The third-order valence-electron chi connectivity index (χ3n) is 4.18. The molecule has 0 saturated carbocycles. The summed E-state index contributed by atoms with van der Waals surface area (Å²) in [6.45, 7) is 7.66. The van der Waals surface area contributed by atoms with Crippen LogP contribution in [0.25, 0.3) is 0 Å². The van der Waals surface area contributed by atoms with Crippen LogP contribution < -0.4 is 14.8 Å². The Bertz CT molecular complexity index is 739. The van der Waals surface area contributed by atoms with Crippen molar-refractivity contribution >= 4 is 5.91 Å². The van der Waals surface area contributed by atoms with E-state index in [1.165, 1.54) is 0 Å². The Morgan fingerprint density at radius 2 is 2.04 bits per heavy atom. The molecule has 3 rings (SSSR count). The summed E-state index contributed by atoms with van der Waals surface area (Å²) in [5.41, 5.74) is 2.06. The zero-order valence-electron chi connectivity index (χ0n) is 15.0. The lowest BCUT2D eigenvalue weighted by molar-refractivity contribution is -0.122. The maximum absolute atomic E-state index is 12.4. The van der Waals surface area contributed by atoms with Crippen LogP contribution in [0, 0.1) is 12.8 Å². The van der Waals surface area contributed by atoms with Gasteiger partial charge in [0.1, 0.15) is 6.54 Å². The number of carbonyl (C=O) groups is 1. The van der Waals surface area contributed by atoms with Gasteiger partial charge in [-0.15, -0.1) is 0 Å². The zero-order valence-corrected chi connectivity index (χ0v) is 15.0. The van der Waals surface area contributed by atoms with Crippen molar-refractivity contribution in [2.45, 2.75) is 39.8 Å². The minimum absolute atomic E-state index is 0.0612. The van der Waals surface area contributed by atoms with E-state index in [2.05, 4.69) is 24.3 Å². The molecule has 0 radical (unpaired) electrons. The first kappa shape index (κ1) is 17.3. The van der Waals surface area contributed by atoms with Gasteiger partial charge in [0.15, 0.2) is 11.5 Å². The molecule has 0 fully saturated rings. The lowest BCUT2D eigenvalue weighted by atomic mass is 9.95. The Morgan fingerprint density at radius 1 is 1.28 bits per heavy atom. The first-order valence-corrected chi connectivity index (χ1v) is 8.71. The van der Waals surface area contributed by atoms with E-state index in [0.717, 1.165) is 29.0 Å². The number of hydrogen-bond acceptors (Lipinski definition) is 4. The zero-order chi connectivity index (χ0) is 17.8. The highest BCUT2D eigenvalue weighted by Gasteiger charge is 2.21. The lowest BCUT2D eigenvalue weighted by Gasteiger charge is -2.24. The van der Waals surface area contributed by atoms with Crippen molar-refractivity contribution in [1.29, 1.82) is 0 Å². The van der Waals surface area contributed by atoms with Gasteiger partial charge in [-0.25, -0.2) is 0 Å². The highest BCUT2D eigenvalue weighted by atomic mass is 16.5.